The maximum atomic E-state index is 12.2. The largest absolute Gasteiger partial charge is 0.462 e. The number of rotatable bonds is 3. The van der Waals surface area contributed by atoms with Gasteiger partial charge in [0.2, 0.25) is 0 Å². The van der Waals surface area contributed by atoms with Gasteiger partial charge in [-0.3, -0.25) is 0 Å². The van der Waals surface area contributed by atoms with Gasteiger partial charge < -0.3 is 13.8 Å². The Morgan fingerprint density at radius 3 is 2.95 bits per heavy atom. The molecule has 0 N–H and O–H groups in total. The normalized spacial score (nSPS) is 11.1. The van der Waals surface area contributed by atoms with E-state index in [0.717, 1.165) is 0 Å². The fraction of sp³-hybridized carbons (Fsp3) is 0.286. The summed E-state index contributed by atoms with van der Waals surface area (Å²) in [6.45, 7) is 3.66. The lowest BCUT2D eigenvalue weighted by molar-refractivity contribution is 0.0525. The molecular weight excluding hydrogens is 308 g/mol. The number of aromatic nitrogens is 4. The number of carbonyl (C=O) groups excluding carboxylic acids is 1. The Labute approximate surface area is 130 Å². The first-order valence-corrected chi connectivity index (χ1v) is 7.01. The molecule has 0 aromatic carbocycles. The topological polar surface area (TPSA) is 83.0 Å². The smallest absolute Gasteiger partial charge is 0.344 e. The highest BCUT2D eigenvalue weighted by Gasteiger charge is 2.26. The molecule has 8 heteroatoms. The quantitative estimate of drug-likeness (QED) is 0.545. The third kappa shape index (κ3) is 2.14. The number of aryl methyl sites for hydroxylation is 2. The van der Waals surface area contributed by atoms with Crippen LogP contribution >= 0.6 is 11.6 Å². The van der Waals surface area contributed by atoms with Crippen molar-refractivity contribution in [2.45, 2.75) is 13.8 Å². The molecule has 0 aliphatic heterocycles. The second kappa shape index (κ2) is 5.42. The van der Waals surface area contributed by atoms with Crippen LogP contribution < -0.4 is 0 Å². The summed E-state index contributed by atoms with van der Waals surface area (Å²) in [7, 11) is 1.83. The molecule has 22 heavy (non-hydrogen) atoms. The third-order valence-corrected chi connectivity index (χ3v) is 3.59. The summed E-state index contributed by atoms with van der Waals surface area (Å²) in [5, 5.41) is 4.89. The van der Waals surface area contributed by atoms with Crippen molar-refractivity contribution in [2.75, 3.05) is 6.61 Å². The molecule has 0 saturated carbocycles. The lowest BCUT2D eigenvalue weighted by atomic mass is 10.1. The van der Waals surface area contributed by atoms with Crippen molar-refractivity contribution in [2.24, 2.45) is 7.05 Å². The second-order valence-electron chi connectivity index (χ2n) is 4.70. The maximum Gasteiger partial charge on any atom is 0.344 e. The molecule has 0 aliphatic rings. The van der Waals surface area contributed by atoms with Crippen LogP contribution in [0.3, 0.4) is 0 Å². The maximum absolute atomic E-state index is 12.2. The molecular formula is C14H13ClN4O3. The highest BCUT2D eigenvalue weighted by atomic mass is 35.5. The minimum atomic E-state index is -0.485. The summed E-state index contributed by atoms with van der Waals surface area (Å²) in [6, 6.07) is 0. The van der Waals surface area contributed by atoms with Crippen LogP contribution in [-0.4, -0.2) is 32.3 Å². The van der Waals surface area contributed by atoms with E-state index in [-0.39, 0.29) is 17.3 Å². The lowest BCUT2D eigenvalue weighted by Gasteiger charge is -2.02. The fourth-order valence-electron chi connectivity index (χ4n) is 2.35. The zero-order valence-corrected chi connectivity index (χ0v) is 13.0. The van der Waals surface area contributed by atoms with Crippen molar-refractivity contribution in [3.05, 3.63) is 29.0 Å². The number of ether oxygens (including phenoxy) is 1. The molecule has 7 nitrogen and oxygen atoms in total. The molecule has 3 rings (SSSR count). The van der Waals surface area contributed by atoms with Gasteiger partial charge in [-0.2, -0.15) is 0 Å². The van der Waals surface area contributed by atoms with E-state index in [4.69, 9.17) is 20.9 Å². The first kappa shape index (κ1) is 14.5. The van der Waals surface area contributed by atoms with Crippen molar-refractivity contribution in [1.29, 1.82) is 0 Å². The Morgan fingerprint density at radius 2 is 2.23 bits per heavy atom. The predicted molar refractivity (Wildman–Crippen MR) is 79.7 cm³/mol. The van der Waals surface area contributed by atoms with E-state index >= 15 is 0 Å². The van der Waals surface area contributed by atoms with Crippen LogP contribution in [0.2, 0.25) is 5.15 Å². The number of hydrogen-bond donors (Lipinski definition) is 0. The first-order valence-electron chi connectivity index (χ1n) is 6.63. The van der Waals surface area contributed by atoms with Crippen molar-refractivity contribution < 1.29 is 14.1 Å². The van der Waals surface area contributed by atoms with Crippen LogP contribution in [0.4, 0.5) is 0 Å². The van der Waals surface area contributed by atoms with Gasteiger partial charge in [0.25, 0.3) is 0 Å². The number of halogens is 1. The van der Waals surface area contributed by atoms with E-state index in [1.807, 2.05) is 7.05 Å². The lowest BCUT2D eigenvalue weighted by Crippen LogP contribution is -2.06. The molecule has 0 fully saturated rings. The Bertz CT molecular complexity index is 868. The summed E-state index contributed by atoms with van der Waals surface area (Å²) < 4.78 is 12.0. The van der Waals surface area contributed by atoms with Crippen LogP contribution in [0.5, 0.6) is 0 Å². The molecule has 0 spiro atoms. The molecule has 0 bridgehead atoms. The zero-order valence-electron chi connectivity index (χ0n) is 12.3. The SMILES string of the molecule is CCOC(=O)c1c(-c2cn(C)c3ncnc(Cl)c23)noc1C. The van der Waals surface area contributed by atoms with E-state index in [0.29, 0.717) is 28.1 Å². The van der Waals surface area contributed by atoms with Gasteiger partial charge >= 0.3 is 5.97 Å². The number of esters is 1. The summed E-state index contributed by atoms with van der Waals surface area (Å²) in [5.74, 6) is -0.0975. The van der Waals surface area contributed by atoms with Gasteiger partial charge in [-0.1, -0.05) is 16.8 Å². The van der Waals surface area contributed by atoms with E-state index in [2.05, 4.69) is 15.1 Å². The minimum Gasteiger partial charge on any atom is -0.462 e. The number of nitrogens with zero attached hydrogens (tertiary/aromatic N) is 4. The Morgan fingerprint density at radius 1 is 1.45 bits per heavy atom. The third-order valence-electron chi connectivity index (χ3n) is 3.30. The summed E-state index contributed by atoms with van der Waals surface area (Å²) in [6.07, 6.45) is 3.17. The minimum absolute atomic E-state index is 0.266. The van der Waals surface area contributed by atoms with Gasteiger partial charge in [0.15, 0.2) is 0 Å². The Balaban J connectivity index is 2.28. The highest BCUT2D eigenvalue weighted by molar-refractivity contribution is 6.35. The van der Waals surface area contributed by atoms with Crippen molar-refractivity contribution >= 4 is 28.6 Å². The zero-order chi connectivity index (χ0) is 15.9. The van der Waals surface area contributed by atoms with Gasteiger partial charge in [-0.05, 0) is 13.8 Å². The molecule has 0 aliphatic carbocycles. The standard InChI is InChI=1S/C14H13ClN4O3/c1-4-21-14(20)9-7(2)22-18-11(9)8-5-19(3)13-10(8)12(15)16-6-17-13/h5-6H,4H2,1-3H3. The van der Waals surface area contributed by atoms with Gasteiger partial charge in [-0.25, -0.2) is 14.8 Å². The Hall–Kier alpha value is -2.41. The average molecular weight is 321 g/mol. The van der Waals surface area contributed by atoms with Gasteiger partial charge in [0, 0.05) is 18.8 Å². The van der Waals surface area contributed by atoms with Gasteiger partial charge in [0.1, 0.15) is 34.1 Å². The van der Waals surface area contributed by atoms with Crippen molar-refractivity contribution in [3.8, 4) is 11.3 Å². The fourth-order valence-corrected chi connectivity index (χ4v) is 2.58. The molecule has 3 heterocycles. The van der Waals surface area contributed by atoms with Crippen molar-refractivity contribution in [3.63, 3.8) is 0 Å². The van der Waals surface area contributed by atoms with Gasteiger partial charge in [-0.15, -0.1) is 0 Å². The summed E-state index contributed by atoms with van der Waals surface area (Å²) >= 11 is 6.19. The number of hydrogen-bond acceptors (Lipinski definition) is 6. The van der Waals surface area contributed by atoms with Crippen LogP contribution in [-0.2, 0) is 11.8 Å². The van der Waals surface area contributed by atoms with E-state index in [1.165, 1.54) is 6.33 Å². The monoisotopic (exact) mass is 320 g/mol. The molecule has 0 unspecified atom stereocenters. The molecule has 3 aromatic rings. The van der Waals surface area contributed by atoms with E-state index in [9.17, 15) is 4.79 Å². The highest BCUT2D eigenvalue weighted by Crippen LogP contribution is 2.35. The van der Waals surface area contributed by atoms with Crippen molar-refractivity contribution in [1.82, 2.24) is 19.7 Å². The molecule has 114 valence electrons. The van der Waals surface area contributed by atoms with Gasteiger partial charge in [0.05, 0.1) is 12.0 Å². The second-order valence-corrected chi connectivity index (χ2v) is 5.06. The van der Waals surface area contributed by atoms with Crippen LogP contribution in [0.1, 0.15) is 23.0 Å². The van der Waals surface area contributed by atoms with E-state index in [1.54, 1.807) is 24.6 Å². The first-order chi connectivity index (χ1) is 10.5. The number of fused-ring (bicyclic) bond motifs is 1. The molecule has 0 atom stereocenters. The summed E-state index contributed by atoms with van der Waals surface area (Å²) in [5.41, 5.74) is 1.93. The molecule has 0 radical (unpaired) electrons. The summed E-state index contributed by atoms with van der Waals surface area (Å²) in [4.78, 5) is 20.3. The number of carbonyl (C=O) groups is 1. The molecule has 0 amide bonds. The predicted octanol–water partition coefficient (Wildman–Crippen LogP) is 2.76. The Kier molecular flexibility index (Phi) is 3.58. The van der Waals surface area contributed by atoms with Crippen LogP contribution in [0.15, 0.2) is 17.0 Å². The van der Waals surface area contributed by atoms with E-state index < -0.39 is 5.97 Å². The average Bonchev–Trinajstić information content (AvgIpc) is 3.01. The van der Waals surface area contributed by atoms with Crippen LogP contribution in [0, 0.1) is 6.92 Å². The van der Waals surface area contributed by atoms with Crippen LogP contribution in [0.25, 0.3) is 22.3 Å². The molecule has 3 aromatic heterocycles. The molecule has 0 saturated heterocycles.